The summed E-state index contributed by atoms with van der Waals surface area (Å²) < 4.78 is 0. The Balaban J connectivity index is 3.80. The van der Waals surface area contributed by atoms with Crippen molar-refractivity contribution in [2.45, 2.75) is 6.92 Å². The molecule has 0 aliphatic carbocycles. The van der Waals surface area contributed by atoms with Crippen LogP contribution >= 0.6 is 23.4 Å². The Morgan fingerprint density at radius 3 is 2.38 bits per heavy atom. The monoisotopic (exact) mass is 150 g/mol. The van der Waals surface area contributed by atoms with E-state index < -0.39 is 0 Å². The van der Waals surface area contributed by atoms with Gasteiger partial charge in [-0.1, -0.05) is 11.6 Å². The highest BCUT2D eigenvalue weighted by Gasteiger charge is 1.94. The van der Waals surface area contributed by atoms with Crippen LogP contribution in [0.15, 0.2) is 10.4 Å². The van der Waals surface area contributed by atoms with E-state index in [1.807, 2.05) is 6.26 Å². The summed E-state index contributed by atoms with van der Waals surface area (Å²) >= 11 is 6.83. The molecular formula is C5H7ClOS. The zero-order valence-electron chi connectivity index (χ0n) is 4.77. The Kier molecular flexibility index (Phi) is 4.01. The van der Waals surface area contributed by atoms with Gasteiger partial charge in [-0.25, -0.2) is 0 Å². The molecule has 0 saturated heterocycles. The van der Waals surface area contributed by atoms with E-state index in [0.29, 0.717) is 5.03 Å². The minimum atomic E-state index is -0.0824. The van der Waals surface area contributed by atoms with Crippen LogP contribution in [0.2, 0.25) is 0 Å². The third-order valence-corrected chi connectivity index (χ3v) is 1.53. The first kappa shape index (κ1) is 8.05. The van der Waals surface area contributed by atoms with E-state index in [2.05, 4.69) is 0 Å². The van der Waals surface area contributed by atoms with Crippen molar-refractivity contribution in [3.63, 3.8) is 0 Å². The summed E-state index contributed by atoms with van der Waals surface area (Å²) in [5, 5.41) is 1.92. The molecule has 0 aromatic rings. The molecule has 0 spiro atoms. The van der Waals surface area contributed by atoms with Gasteiger partial charge in [-0.15, -0.1) is 11.8 Å². The lowest BCUT2D eigenvalue weighted by Crippen LogP contribution is -1.85. The maximum absolute atomic E-state index is 10.3. The van der Waals surface area contributed by atoms with Crippen molar-refractivity contribution >= 4 is 29.1 Å². The van der Waals surface area contributed by atoms with Crippen LogP contribution in [0.1, 0.15) is 6.92 Å². The van der Waals surface area contributed by atoms with Crippen molar-refractivity contribution in [3.05, 3.63) is 10.4 Å². The molecule has 0 aliphatic rings. The minimum absolute atomic E-state index is 0.0824. The Labute approximate surface area is 58.1 Å². The average molecular weight is 151 g/mol. The molecule has 0 saturated carbocycles. The van der Waals surface area contributed by atoms with Crippen LogP contribution < -0.4 is 0 Å². The van der Waals surface area contributed by atoms with Gasteiger partial charge in [-0.05, 0) is 11.7 Å². The second-order valence-corrected chi connectivity index (χ2v) is 2.37. The van der Waals surface area contributed by atoms with Crippen LogP contribution in [-0.2, 0) is 4.79 Å². The highest BCUT2D eigenvalue weighted by molar-refractivity contribution is 8.01. The number of carbonyl (C=O) groups is 1. The van der Waals surface area contributed by atoms with Crippen molar-refractivity contribution in [2.75, 3.05) is 6.26 Å². The van der Waals surface area contributed by atoms with Gasteiger partial charge in [0.15, 0.2) is 5.78 Å². The van der Waals surface area contributed by atoms with Gasteiger partial charge in [0.1, 0.15) is 0 Å². The number of hydrogen-bond acceptors (Lipinski definition) is 2. The largest absolute Gasteiger partial charge is 0.293 e. The van der Waals surface area contributed by atoms with Gasteiger partial charge in [0, 0.05) is 6.92 Å². The molecule has 8 heavy (non-hydrogen) atoms. The molecule has 0 aromatic carbocycles. The van der Waals surface area contributed by atoms with Crippen molar-refractivity contribution in [2.24, 2.45) is 0 Å². The third-order valence-electron chi connectivity index (χ3n) is 0.558. The number of carbonyl (C=O) groups excluding carboxylic acids is 1. The van der Waals surface area contributed by atoms with E-state index in [0.717, 1.165) is 0 Å². The molecule has 3 heteroatoms. The van der Waals surface area contributed by atoms with Crippen molar-refractivity contribution < 1.29 is 4.79 Å². The van der Waals surface area contributed by atoms with Gasteiger partial charge < -0.3 is 0 Å². The van der Waals surface area contributed by atoms with Gasteiger partial charge in [0.25, 0.3) is 0 Å². The molecule has 0 radical (unpaired) electrons. The quantitative estimate of drug-likeness (QED) is 0.561. The summed E-state index contributed by atoms with van der Waals surface area (Å²) in [6.07, 6.45) is 1.85. The van der Waals surface area contributed by atoms with Crippen molar-refractivity contribution in [1.82, 2.24) is 0 Å². The van der Waals surface area contributed by atoms with Gasteiger partial charge >= 0.3 is 0 Å². The van der Waals surface area contributed by atoms with Crippen LogP contribution in [0.25, 0.3) is 0 Å². The van der Waals surface area contributed by atoms with Gasteiger partial charge in [-0.2, -0.15) is 0 Å². The number of rotatable bonds is 2. The van der Waals surface area contributed by atoms with E-state index in [4.69, 9.17) is 11.6 Å². The second kappa shape index (κ2) is 3.98. The highest BCUT2D eigenvalue weighted by Crippen LogP contribution is 2.07. The third kappa shape index (κ3) is 3.10. The summed E-state index contributed by atoms with van der Waals surface area (Å²) in [4.78, 5) is 10.3. The summed E-state index contributed by atoms with van der Waals surface area (Å²) in [6.45, 7) is 1.44. The smallest absolute Gasteiger partial charge is 0.171 e. The Hall–Kier alpha value is 0.0500. The van der Waals surface area contributed by atoms with E-state index >= 15 is 0 Å². The summed E-state index contributed by atoms with van der Waals surface area (Å²) in [6, 6.07) is 0. The van der Waals surface area contributed by atoms with E-state index in [1.165, 1.54) is 18.7 Å². The normalized spacial score (nSPS) is 11.6. The fourth-order valence-corrected chi connectivity index (χ4v) is 0.827. The number of hydrogen-bond donors (Lipinski definition) is 0. The second-order valence-electron chi connectivity index (χ2n) is 1.26. The van der Waals surface area contributed by atoms with Crippen LogP contribution in [0, 0.1) is 0 Å². The zero-order chi connectivity index (χ0) is 6.57. The first-order chi connectivity index (χ1) is 3.68. The Bertz CT molecular complexity index is 120. The molecule has 0 atom stereocenters. The standard InChI is InChI=1S/C5H7ClOS/c1-4(7)5(6)3-8-2/h3H,1-2H3/b5-3-. The SMILES string of the molecule is CS/C=C(\Cl)C(C)=O. The molecule has 46 valence electrons. The molecule has 0 N–H and O–H groups in total. The van der Waals surface area contributed by atoms with Crippen molar-refractivity contribution in [1.29, 1.82) is 0 Å². The molecule has 0 bridgehead atoms. The van der Waals surface area contributed by atoms with Crippen LogP contribution in [0.5, 0.6) is 0 Å². The first-order valence-electron chi connectivity index (χ1n) is 2.08. The maximum Gasteiger partial charge on any atom is 0.171 e. The maximum atomic E-state index is 10.3. The molecule has 0 heterocycles. The molecule has 0 fully saturated rings. The number of ketones is 1. The lowest BCUT2D eigenvalue weighted by molar-refractivity contribution is -0.113. The number of thioether (sulfide) groups is 1. The number of Topliss-reactive ketones (excluding diaryl/α,β-unsaturated/α-hetero) is 1. The van der Waals surface area contributed by atoms with Crippen molar-refractivity contribution in [3.8, 4) is 0 Å². The Morgan fingerprint density at radius 1 is 1.75 bits per heavy atom. The van der Waals surface area contributed by atoms with E-state index in [9.17, 15) is 4.79 Å². The number of allylic oxidation sites excluding steroid dienone is 1. The highest BCUT2D eigenvalue weighted by atomic mass is 35.5. The molecule has 0 aliphatic heterocycles. The topological polar surface area (TPSA) is 17.1 Å². The molecule has 0 amide bonds. The fourth-order valence-electron chi connectivity index (χ4n) is 0.186. The summed E-state index contributed by atoms with van der Waals surface area (Å²) in [5.41, 5.74) is 0. The van der Waals surface area contributed by atoms with Gasteiger partial charge in [-0.3, -0.25) is 4.79 Å². The molecule has 0 rings (SSSR count). The summed E-state index contributed by atoms with van der Waals surface area (Å²) in [7, 11) is 0. The molecule has 0 aromatic heterocycles. The van der Waals surface area contributed by atoms with E-state index in [-0.39, 0.29) is 5.78 Å². The van der Waals surface area contributed by atoms with Crippen LogP contribution in [0.4, 0.5) is 0 Å². The Morgan fingerprint density at radius 2 is 2.25 bits per heavy atom. The minimum Gasteiger partial charge on any atom is -0.293 e. The van der Waals surface area contributed by atoms with Crippen LogP contribution in [-0.4, -0.2) is 12.0 Å². The van der Waals surface area contributed by atoms with Gasteiger partial charge in [0.05, 0.1) is 5.03 Å². The lowest BCUT2D eigenvalue weighted by Gasteiger charge is -1.85. The predicted octanol–water partition coefficient (Wildman–Crippen LogP) is 2.02. The number of halogens is 1. The molecule has 1 nitrogen and oxygen atoms in total. The average Bonchev–Trinajstić information content (AvgIpc) is 1.67. The van der Waals surface area contributed by atoms with E-state index in [1.54, 1.807) is 5.41 Å². The predicted molar refractivity (Wildman–Crippen MR) is 38.1 cm³/mol. The van der Waals surface area contributed by atoms with Gasteiger partial charge in [0.2, 0.25) is 0 Å². The zero-order valence-corrected chi connectivity index (χ0v) is 6.34. The first-order valence-corrected chi connectivity index (χ1v) is 3.74. The van der Waals surface area contributed by atoms with Crippen LogP contribution in [0.3, 0.4) is 0 Å². The molecule has 0 unspecified atom stereocenters. The lowest BCUT2D eigenvalue weighted by atomic mass is 10.4. The fraction of sp³-hybridized carbons (Fsp3) is 0.400. The molecular weight excluding hydrogens is 144 g/mol. The summed E-state index contributed by atoms with van der Waals surface area (Å²) in [5.74, 6) is -0.0824.